The molecule has 13 rings (SSSR count). The van der Waals surface area contributed by atoms with Crippen molar-refractivity contribution in [1.29, 1.82) is 0 Å². The Morgan fingerprint density at radius 2 is 0.774 bits per heavy atom. The second kappa shape index (κ2) is 13.6. The van der Waals surface area contributed by atoms with E-state index in [1.807, 2.05) is 29.5 Å². The number of benzene rings is 9. The fourth-order valence-electron chi connectivity index (χ4n) is 10.3. The van der Waals surface area contributed by atoms with Crippen LogP contribution in [0.1, 0.15) is 22.3 Å². The van der Waals surface area contributed by atoms with Crippen LogP contribution in [0.15, 0.2) is 212 Å². The summed E-state index contributed by atoms with van der Waals surface area (Å²) >= 11 is 1.84. The van der Waals surface area contributed by atoms with Gasteiger partial charge in [-0.2, -0.15) is 0 Å². The van der Waals surface area contributed by atoms with Crippen LogP contribution in [0.3, 0.4) is 0 Å². The molecule has 9 aromatic carbocycles. The van der Waals surface area contributed by atoms with Gasteiger partial charge in [0.25, 0.3) is 0 Å². The number of rotatable bonds is 5. The van der Waals surface area contributed by atoms with Gasteiger partial charge in [0.2, 0.25) is 0 Å². The third-order valence-electron chi connectivity index (χ3n) is 13.0. The highest BCUT2D eigenvalue weighted by Gasteiger charge is 2.51. The maximum Gasteiger partial charge on any atom is 0.164 e. The van der Waals surface area contributed by atoms with Crippen molar-refractivity contribution in [3.05, 3.63) is 235 Å². The predicted molar refractivity (Wildman–Crippen MR) is 256 cm³/mol. The number of hydrogen-bond donors (Lipinski definition) is 0. The average Bonchev–Trinajstić information content (AvgIpc) is 3.98. The van der Waals surface area contributed by atoms with Crippen LogP contribution in [0, 0.1) is 0 Å². The zero-order valence-electron chi connectivity index (χ0n) is 33.5. The third kappa shape index (κ3) is 5.08. The Labute approximate surface area is 363 Å². The van der Waals surface area contributed by atoms with E-state index in [4.69, 9.17) is 15.0 Å². The minimum absolute atomic E-state index is 0.368. The van der Waals surface area contributed by atoms with E-state index in [1.165, 1.54) is 70.2 Å². The molecule has 2 aliphatic rings. The van der Waals surface area contributed by atoms with Gasteiger partial charge in [-0.15, -0.1) is 11.3 Å². The van der Waals surface area contributed by atoms with Crippen molar-refractivity contribution in [2.75, 3.05) is 0 Å². The third-order valence-corrected chi connectivity index (χ3v) is 14.2. The van der Waals surface area contributed by atoms with E-state index >= 15 is 0 Å². The van der Waals surface area contributed by atoms with Gasteiger partial charge in [-0.05, 0) is 79.4 Å². The molecule has 0 unspecified atom stereocenters. The molecule has 11 aromatic rings. The number of aromatic nitrogens is 3. The molecule has 0 N–H and O–H groups in total. The summed E-state index contributed by atoms with van der Waals surface area (Å²) in [6.07, 6.45) is 0. The molecule has 0 bridgehead atoms. The van der Waals surface area contributed by atoms with E-state index in [2.05, 4.69) is 194 Å². The smallest absolute Gasteiger partial charge is 0.164 e. The first-order valence-electron chi connectivity index (χ1n) is 21.1. The molecule has 0 saturated carbocycles. The summed E-state index contributed by atoms with van der Waals surface area (Å²) in [5, 5.41) is 2.54. The second-order valence-electron chi connectivity index (χ2n) is 16.2. The number of thiophene rings is 1. The van der Waals surface area contributed by atoms with Crippen LogP contribution in [0.5, 0.6) is 0 Å². The summed E-state index contributed by atoms with van der Waals surface area (Å²) in [5.74, 6) is 1.92. The molecule has 0 fully saturated rings. The van der Waals surface area contributed by atoms with Crippen molar-refractivity contribution < 1.29 is 0 Å². The van der Waals surface area contributed by atoms with Crippen LogP contribution in [0.25, 0.3) is 98.8 Å². The second-order valence-corrected chi connectivity index (χ2v) is 17.3. The first-order chi connectivity index (χ1) is 30.7. The zero-order chi connectivity index (χ0) is 40.8. The molecule has 2 heterocycles. The van der Waals surface area contributed by atoms with Crippen LogP contribution in [-0.2, 0) is 5.41 Å². The molecule has 4 heteroatoms. The monoisotopic (exact) mass is 805 g/mol. The van der Waals surface area contributed by atoms with Gasteiger partial charge in [-0.3, -0.25) is 0 Å². The van der Waals surface area contributed by atoms with E-state index in [-0.39, 0.29) is 5.41 Å². The highest BCUT2D eigenvalue weighted by molar-refractivity contribution is 7.26. The normalized spacial score (nSPS) is 13.0. The summed E-state index contributed by atoms with van der Waals surface area (Å²) in [6.45, 7) is 0. The molecule has 62 heavy (non-hydrogen) atoms. The highest BCUT2D eigenvalue weighted by Crippen LogP contribution is 2.63. The molecule has 1 spiro atoms. The Morgan fingerprint density at radius 3 is 1.52 bits per heavy atom. The predicted octanol–water partition coefficient (Wildman–Crippen LogP) is 14.9. The fraction of sp³-hybridized carbons (Fsp3) is 0.0172. The Balaban J connectivity index is 0.960. The van der Waals surface area contributed by atoms with Crippen LogP contribution in [0.2, 0.25) is 0 Å². The quantitative estimate of drug-likeness (QED) is 0.174. The topological polar surface area (TPSA) is 38.7 Å². The molecule has 3 nitrogen and oxygen atoms in total. The summed E-state index contributed by atoms with van der Waals surface area (Å²) in [6, 6.07) is 76.7. The summed E-state index contributed by atoms with van der Waals surface area (Å²) in [4.78, 5) is 15.7. The van der Waals surface area contributed by atoms with E-state index in [1.54, 1.807) is 0 Å². The van der Waals surface area contributed by atoms with E-state index in [0.29, 0.717) is 17.5 Å². The van der Waals surface area contributed by atoms with Gasteiger partial charge in [-0.25, -0.2) is 15.0 Å². The van der Waals surface area contributed by atoms with Gasteiger partial charge in [0.15, 0.2) is 17.5 Å². The highest BCUT2D eigenvalue weighted by atomic mass is 32.1. The van der Waals surface area contributed by atoms with Gasteiger partial charge in [0, 0.05) is 42.4 Å². The van der Waals surface area contributed by atoms with Crippen molar-refractivity contribution in [2.24, 2.45) is 0 Å². The van der Waals surface area contributed by atoms with Crippen LogP contribution in [0.4, 0.5) is 0 Å². The van der Waals surface area contributed by atoms with Crippen LogP contribution >= 0.6 is 11.3 Å². The Morgan fingerprint density at radius 1 is 0.290 bits per heavy atom. The number of nitrogens with zero attached hydrogens (tertiary/aromatic N) is 3. The first-order valence-corrected chi connectivity index (χ1v) is 21.9. The standard InChI is InChI=1S/C58H35N3S/c1-2-16-36(17-3-1)55-59-56(61-57(60-55)47-25-5-4-20-40(47)45-26-15-27-46-44-24-9-13-31-53(44)62-54(45)46)39-19-14-18-37(34-39)38-32-33-52-48(35-38)43-23-8-12-30-51(43)58(52)49-28-10-6-21-41(49)42-22-7-11-29-50(42)58/h1-35H. The van der Waals surface area contributed by atoms with Crippen LogP contribution < -0.4 is 0 Å². The molecular formula is C58H35N3S. The maximum atomic E-state index is 5.30. The lowest BCUT2D eigenvalue weighted by atomic mass is 9.70. The van der Waals surface area contributed by atoms with E-state index in [0.717, 1.165) is 33.4 Å². The molecule has 288 valence electrons. The molecule has 2 aliphatic carbocycles. The van der Waals surface area contributed by atoms with Gasteiger partial charge in [0.1, 0.15) is 0 Å². The lowest BCUT2D eigenvalue weighted by Crippen LogP contribution is -2.25. The molecule has 0 atom stereocenters. The van der Waals surface area contributed by atoms with Crippen molar-refractivity contribution in [3.8, 4) is 78.7 Å². The minimum Gasteiger partial charge on any atom is -0.208 e. The van der Waals surface area contributed by atoms with Gasteiger partial charge in [-0.1, -0.05) is 194 Å². The molecular weight excluding hydrogens is 771 g/mol. The Hall–Kier alpha value is -7.79. The summed E-state index contributed by atoms with van der Waals surface area (Å²) in [5.41, 5.74) is 17.6. The lowest BCUT2D eigenvalue weighted by Gasteiger charge is -2.30. The molecule has 0 saturated heterocycles. The fourth-order valence-corrected chi connectivity index (χ4v) is 11.6. The van der Waals surface area contributed by atoms with Crippen molar-refractivity contribution in [1.82, 2.24) is 15.0 Å². The van der Waals surface area contributed by atoms with Gasteiger partial charge in [0.05, 0.1) is 5.41 Å². The van der Waals surface area contributed by atoms with E-state index < -0.39 is 0 Å². The number of fused-ring (bicyclic) bond motifs is 13. The lowest BCUT2D eigenvalue weighted by molar-refractivity contribution is 0.794. The number of hydrogen-bond acceptors (Lipinski definition) is 4. The molecule has 0 radical (unpaired) electrons. The summed E-state index contributed by atoms with van der Waals surface area (Å²) in [7, 11) is 0. The molecule has 0 aliphatic heterocycles. The largest absolute Gasteiger partial charge is 0.208 e. The maximum absolute atomic E-state index is 5.30. The first kappa shape index (κ1) is 35.0. The average molecular weight is 806 g/mol. The minimum atomic E-state index is -0.368. The van der Waals surface area contributed by atoms with Crippen molar-refractivity contribution >= 4 is 31.5 Å². The van der Waals surface area contributed by atoms with Crippen molar-refractivity contribution in [3.63, 3.8) is 0 Å². The SMILES string of the molecule is c1ccc(-c2nc(-c3cccc(-c4ccc5c(c4)-c4ccccc4C54c5ccccc5-c5ccccc54)c3)nc(-c3ccccc3-c3cccc4c3sc3ccccc34)n2)cc1. The molecule has 2 aromatic heterocycles. The Bertz CT molecular complexity index is 3560. The molecule has 0 amide bonds. The van der Waals surface area contributed by atoms with E-state index in [9.17, 15) is 0 Å². The van der Waals surface area contributed by atoms with Crippen molar-refractivity contribution in [2.45, 2.75) is 5.41 Å². The zero-order valence-corrected chi connectivity index (χ0v) is 34.3. The summed E-state index contributed by atoms with van der Waals surface area (Å²) < 4.78 is 2.54. The van der Waals surface area contributed by atoms with Crippen LogP contribution in [-0.4, -0.2) is 15.0 Å². The van der Waals surface area contributed by atoms with Gasteiger partial charge < -0.3 is 0 Å². The van der Waals surface area contributed by atoms with Gasteiger partial charge >= 0.3 is 0 Å². The Kier molecular flexibility index (Phi) is 7.69.